The minimum absolute atomic E-state index is 0.0298. The van der Waals surface area contributed by atoms with Gasteiger partial charge in [0.2, 0.25) is 0 Å². The Hall–Kier alpha value is -1.50. The topological polar surface area (TPSA) is 58.9 Å². The van der Waals surface area contributed by atoms with E-state index in [4.69, 9.17) is 0 Å². The van der Waals surface area contributed by atoms with E-state index in [9.17, 15) is 5.11 Å². The van der Waals surface area contributed by atoms with Crippen LogP contribution in [0.4, 0.5) is 0 Å². The van der Waals surface area contributed by atoms with Crippen molar-refractivity contribution in [2.24, 2.45) is 0 Å². The molecule has 2 heterocycles. The van der Waals surface area contributed by atoms with Gasteiger partial charge in [0, 0.05) is 10.9 Å². The molecule has 0 amide bonds. The molecule has 1 aromatic carbocycles. The lowest BCUT2D eigenvalue weighted by Gasteiger charge is -2.06. The van der Waals surface area contributed by atoms with Crippen LogP contribution in [0.15, 0.2) is 39.7 Å². The van der Waals surface area contributed by atoms with Gasteiger partial charge in [0.25, 0.3) is 0 Å². The van der Waals surface area contributed by atoms with E-state index in [-0.39, 0.29) is 6.61 Å². The first-order chi connectivity index (χ1) is 9.26. The average molecular weight is 289 g/mol. The molecule has 0 saturated heterocycles. The zero-order chi connectivity index (χ0) is 13.2. The van der Waals surface area contributed by atoms with Crippen molar-refractivity contribution in [2.75, 3.05) is 0 Å². The largest absolute Gasteiger partial charge is 0.392 e. The summed E-state index contributed by atoms with van der Waals surface area (Å²) in [5, 5.41) is 20.3. The number of pyridine rings is 1. The Morgan fingerprint density at radius 2 is 2.11 bits per heavy atom. The lowest BCUT2D eigenvalue weighted by Crippen LogP contribution is -1.92. The smallest absolute Gasteiger partial charge is 0.180 e. The number of rotatable bonds is 3. The summed E-state index contributed by atoms with van der Waals surface area (Å²) in [6.45, 7) is 1.89. The highest BCUT2D eigenvalue weighted by atomic mass is 32.2. The first-order valence-corrected chi connectivity index (χ1v) is 7.37. The molecule has 1 N–H and O–H groups in total. The third-order valence-corrected chi connectivity index (χ3v) is 4.56. The number of nitrogens with zero attached hydrogens (tertiary/aromatic N) is 3. The van der Waals surface area contributed by atoms with Gasteiger partial charge in [0.05, 0.1) is 12.1 Å². The van der Waals surface area contributed by atoms with Crippen molar-refractivity contribution >= 4 is 34.0 Å². The summed E-state index contributed by atoms with van der Waals surface area (Å²) in [6.07, 6.45) is 0. The monoisotopic (exact) mass is 289 g/mol. The van der Waals surface area contributed by atoms with Crippen LogP contribution in [0.2, 0.25) is 0 Å². The standard InChI is InChI=1S/C13H11N3OS2/c1-8-15-16-13(18-8)19-12-10(7-17)6-9-4-2-3-5-11(9)14-12/h2-6,17H,7H2,1H3. The molecule has 0 radical (unpaired) electrons. The third kappa shape index (κ3) is 2.60. The summed E-state index contributed by atoms with van der Waals surface area (Å²) in [4.78, 5) is 4.59. The summed E-state index contributed by atoms with van der Waals surface area (Å²) in [5.41, 5.74) is 1.74. The Morgan fingerprint density at radius 3 is 2.84 bits per heavy atom. The molecule has 19 heavy (non-hydrogen) atoms. The predicted octanol–water partition coefficient (Wildman–Crippen LogP) is 3.04. The lowest BCUT2D eigenvalue weighted by atomic mass is 10.2. The zero-order valence-electron chi connectivity index (χ0n) is 10.2. The van der Waals surface area contributed by atoms with Gasteiger partial charge in [-0.3, -0.25) is 0 Å². The number of fused-ring (bicyclic) bond motifs is 1. The minimum atomic E-state index is -0.0298. The van der Waals surface area contributed by atoms with Crippen LogP contribution in [0.1, 0.15) is 10.6 Å². The molecule has 3 aromatic rings. The van der Waals surface area contributed by atoms with E-state index in [1.807, 2.05) is 37.3 Å². The summed E-state index contributed by atoms with van der Waals surface area (Å²) < 4.78 is 0.843. The van der Waals surface area contributed by atoms with Crippen LogP contribution in [0, 0.1) is 6.92 Å². The van der Waals surface area contributed by atoms with Crippen LogP contribution in [-0.2, 0) is 6.61 Å². The first kappa shape index (κ1) is 12.5. The molecule has 0 aliphatic carbocycles. The van der Waals surface area contributed by atoms with Crippen molar-refractivity contribution in [1.29, 1.82) is 0 Å². The number of aliphatic hydroxyl groups excluding tert-OH is 1. The minimum Gasteiger partial charge on any atom is -0.392 e. The molecule has 2 aromatic heterocycles. The lowest BCUT2D eigenvalue weighted by molar-refractivity contribution is 0.278. The fraction of sp³-hybridized carbons (Fsp3) is 0.154. The van der Waals surface area contributed by atoms with Crippen molar-refractivity contribution < 1.29 is 5.11 Å². The fourth-order valence-corrected chi connectivity index (χ4v) is 3.57. The molecule has 96 valence electrons. The third-order valence-electron chi connectivity index (χ3n) is 2.63. The van der Waals surface area contributed by atoms with Gasteiger partial charge in [-0.1, -0.05) is 29.5 Å². The van der Waals surface area contributed by atoms with Crippen molar-refractivity contribution in [2.45, 2.75) is 22.9 Å². The Kier molecular flexibility index (Phi) is 3.46. The van der Waals surface area contributed by atoms with Crippen LogP contribution in [-0.4, -0.2) is 20.3 Å². The quantitative estimate of drug-likeness (QED) is 0.803. The van der Waals surface area contributed by atoms with E-state index >= 15 is 0 Å². The normalized spacial score (nSPS) is 11.1. The Morgan fingerprint density at radius 1 is 1.26 bits per heavy atom. The molecule has 3 rings (SSSR count). The molecule has 0 unspecified atom stereocenters. The van der Waals surface area contributed by atoms with E-state index in [1.165, 1.54) is 23.1 Å². The Labute approximate surface area is 118 Å². The number of hydrogen-bond donors (Lipinski definition) is 1. The molecule has 0 atom stereocenters. The number of benzene rings is 1. The predicted molar refractivity (Wildman–Crippen MR) is 76.4 cm³/mol. The maximum Gasteiger partial charge on any atom is 0.180 e. The molecule has 0 fully saturated rings. The van der Waals surface area contributed by atoms with Crippen LogP contribution in [0.25, 0.3) is 10.9 Å². The molecule has 6 heteroatoms. The highest BCUT2D eigenvalue weighted by molar-refractivity contribution is 8.01. The Balaban J connectivity index is 2.05. The zero-order valence-corrected chi connectivity index (χ0v) is 11.8. The van der Waals surface area contributed by atoms with Gasteiger partial charge < -0.3 is 5.11 Å². The van der Waals surface area contributed by atoms with E-state index in [2.05, 4.69) is 15.2 Å². The SMILES string of the molecule is Cc1nnc(Sc2nc3ccccc3cc2CO)s1. The van der Waals surface area contributed by atoms with Gasteiger partial charge in [-0.15, -0.1) is 10.2 Å². The summed E-state index contributed by atoms with van der Waals surface area (Å²) in [5.74, 6) is 0. The van der Waals surface area contributed by atoms with E-state index in [0.29, 0.717) is 0 Å². The molecule has 0 aliphatic heterocycles. The Bertz CT molecular complexity index is 727. The first-order valence-electron chi connectivity index (χ1n) is 5.74. The molecule has 0 aliphatic rings. The summed E-state index contributed by atoms with van der Waals surface area (Å²) in [7, 11) is 0. The van der Waals surface area contributed by atoms with Gasteiger partial charge in [-0.05, 0) is 30.8 Å². The summed E-state index contributed by atoms with van der Waals surface area (Å²) in [6, 6.07) is 9.85. The van der Waals surface area contributed by atoms with Gasteiger partial charge in [-0.2, -0.15) is 0 Å². The van der Waals surface area contributed by atoms with Crippen molar-refractivity contribution in [3.8, 4) is 0 Å². The number of hydrogen-bond acceptors (Lipinski definition) is 6. The maximum absolute atomic E-state index is 9.48. The van der Waals surface area contributed by atoms with Gasteiger partial charge in [0.1, 0.15) is 10.0 Å². The molecule has 0 spiro atoms. The molecular weight excluding hydrogens is 278 g/mol. The average Bonchev–Trinajstić information content (AvgIpc) is 2.83. The van der Waals surface area contributed by atoms with Crippen molar-refractivity contribution in [3.63, 3.8) is 0 Å². The highest BCUT2D eigenvalue weighted by Crippen LogP contribution is 2.32. The van der Waals surface area contributed by atoms with Crippen LogP contribution in [0.5, 0.6) is 0 Å². The maximum atomic E-state index is 9.48. The second-order valence-corrected chi connectivity index (χ2v) is 6.41. The second kappa shape index (κ2) is 5.24. The molecule has 0 saturated carbocycles. The van der Waals surface area contributed by atoms with E-state index in [1.54, 1.807) is 0 Å². The molecule has 4 nitrogen and oxygen atoms in total. The van der Waals surface area contributed by atoms with Gasteiger partial charge >= 0.3 is 0 Å². The van der Waals surface area contributed by atoms with Gasteiger partial charge in [-0.25, -0.2) is 4.98 Å². The highest BCUT2D eigenvalue weighted by Gasteiger charge is 2.10. The summed E-state index contributed by atoms with van der Waals surface area (Å²) >= 11 is 2.97. The fourth-order valence-electron chi connectivity index (χ4n) is 1.75. The molecular formula is C13H11N3OS2. The van der Waals surface area contributed by atoms with Crippen LogP contribution in [0.3, 0.4) is 0 Å². The van der Waals surface area contributed by atoms with E-state index < -0.39 is 0 Å². The number of aromatic nitrogens is 3. The van der Waals surface area contributed by atoms with Crippen LogP contribution >= 0.6 is 23.1 Å². The number of aliphatic hydroxyl groups is 1. The van der Waals surface area contributed by atoms with E-state index in [0.717, 1.165) is 30.8 Å². The van der Waals surface area contributed by atoms with Crippen molar-refractivity contribution in [1.82, 2.24) is 15.2 Å². The van der Waals surface area contributed by atoms with Crippen LogP contribution < -0.4 is 0 Å². The van der Waals surface area contributed by atoms with Crippen molar-refractivity contribution in [3.05, 3.63) is 40.9 Å². The van der Waals surface area contributed by atoms with Gasteiger partial charge in [0.15, 0.2) is 4.34 Å². The number of aryl methyl sites for hydroxylation is 1. The molecule has 0 bridgehead atoms. The second-order valence-electron chi connectivity index (χ2n) is 3.99. The number of para-hydroxylation sites is 1.